The van der Waals surface area contributed by atoms with Gasteiger partial charge >= 0.3 is 0 Å². The van der Waals surface area contributed by atoms with E-state index >= 15 is 0 Å². The van der Waals surface area contributed by atoms with E-state index in [2.05, 4.69) is 9.82 Å². The number of sulfonamides is 1. The van der Waals surface area contributed by atoms with Gasteiger partial charge in [-0.15, -0.1) is 0 Å². The van der Waals surface area contributed by atoms with Crippen LogP contribution in [0.5, 0.6) is 0 Å². The van der Waals surface area contributed by atoms with Gasteiger partial charge in [-0.05, 0) is 31.9 Å². The number of aromatic nitrogens is 2. The predicted molar refractivity (Wildman–Crippen MR) is 106 cm³/mol. The summed E-state index contributed by atoms with van der Waals surface area (Å²) in [5.74, 6) is -0.111. The topological polar surface area (TPSA) is 81.1 Å². The van der Waals surface area contributed by atoms with Crippen molar-refractivity contribution in [3.05, 3.63) is 41.7 Å². The van der Waals surface area contributed by atoms with Crippen LogP contribution in [0.3, 0.4) is 0 Å². The molecule has 0 aliphatic heterocycles. The monoisotopic (exact) mass is 389 g/mol. The Morgan fingerprint density at radius 2 is 1.89 bits per heavy atom. The molecule has 0 saturated heterocycles. The highest BCUT2D eigenvalue weighted by Crippen LogP contribution is 2.34. The fourth-order valence-electron chi connectivity index (χ4n) is 3.46. The van der Waals surface area contributed by atoms with Crippen molar-refractivity contribution in [1.82, 2.24) is 9.78 Å². The first-order chi connectivity index (χ1) is 12.6. The van der Waals surface area contributed by atoms with Crippen LogP contribution in [-0.2, 0) is 15.4 Å². The normalized spacial score (nSPS) is 15.9. The van der Waals surface area contributed by atoms with Gasteiger partial charge in [0.2, 0.25) is 0 Å². The lowest BCUT2D eigenvalue weighted by atomic mass is 9.92. The number of Topliss-reactive ketones (excluding diaryl/α,β-unsaturated/α-hetero) is 1. The average Bonchev–Trinajstić information content (AvgIpc) is 3.23. The molecule has 2 aromatic rings. The number of nitrogens with one attached hydrogen (secondary N) is 1. The minimum Gasteiger partial charge on any atom is -0.295 e. The van der Waals surface area contributed by atoms with Crippen LogP contribution in [0, 0.1) is 0 Å². The number of hydrogen-bond acceptors (Lipinski definition) is 4. The number of carbonyl (C=O) groups is 1. The molecule has 0 radical (unpaired) electrons. The van der Waals surface area contributed by atoms with Gasteiger partial charge < -0.3 is 0 Å². The van der Waals surface area contributed by atoms with E-state index in [-0.39, 0.29) is 16.7 Å². The van der Waals surface area contributed by atoms with Crippen molar-refractivity contribution in [3.63, 3.8) is 0 Å². The molecule has 1 N–H and O–H groups in total. The molecule has 0 amide bonds. The van der Waals surface area contributed by atoms with Gasteiger partial charge in [-0.1, -0.05) is 45.7 Å². The second-order valence-electron chi connectivity index (χ2n) is 8.25. The second-order valence-corrected chi connectivity index (χ2v) is 9.90. The maximum atomic E-state index is 13.1. The minimum atomic E-state index is -3.82. The first kappa shape index (κ1) is 19.6. The number of benzene rings is 1. The third-order valence-electron chi connectivity index (χ3n) is 4.92. The molecule has 0 bridgehead atoms. The summed E-state index contributed by atoms with van der Waals surface area (Å²) in [6.07, 6.45) is 6.01. The zero-order chi connectivity index (χ0) is 19.8. The lowest BCUT2D eigenvalue weighted by molar-refractivity contribution is 0.101. The summed E-state index contributed by atoms with van der Waals surface area (Å²) < 4.78 is 30.7. The van der Waals surface area contributed by atoms with Crippen molar-refractivity contribution < 1.29 is 13.2 Å². The smallest absolute Gasteiger partial charge is 0.265 e. The minimum absolute atomic E-state index is 0.111. The first-order valence-electron chi connectivity index (χ1n) is 9.31. The molecule has 146 valence electrons. The van der Waals surface area contributed by atoms with E-state index in [1.165, 1.54) is 6.92 Å². The van der Waals surface area contributed by atoms with Crippen LogP contribution >= 0.6 is 0 Å². The lowest BCUT2D eigenvalue weighted by Gasteiger charge is -2.18. The van der Waals surface area contributed by atoms with Crippen molar-refractivity contribution in [2.45, 2.75) is 69.7 Å². The average molecular weight is 390 g/mol. The van der Waals surface area contributed by atoms with Crippen molar-refractivity contribution in [3.8, 4) is 0 Å². The number of hydrogen-bond donors (Lipinski definition) is 1. The van der Waals surface area contributed by atoms with E-state index in [0.29, 0.717) is 16.9 Å². The number of nitrogens with zero attached hydrogens (tertiary/aromatic N) is 2. The largest absolute Gasteiger partial charge is 0.295 e. The van der Waals surface area contributed by atoms with E-state index in [0.717, 1.165) is 25.7 Å². The van der Waals surface area contributed by atoms with Crippen molar-refractivity contribution in [2.75, 3.05) is 4.72 Å². The molecule has 6 nitrogen and oxygen atoms in total. The van der Waals surface area contributed by atoms with Gasteiger partial charge in [-0.2, -0.15) is 5.10 Å². The van der Waals surface area contributed by atoms with Crippen molar-refractivity contribution in [1.29, 1.82) is 0 Å². The highest BCUT2D eigenvalue weighted by molar-refractivity contribution is 7.92. The third kappa shape index (κ3) is 4.24. The Bertz CT molecular complexity index is 949. The summed E-state index contributed by atoms with van der Waals surface area (Å²) in [6.45, 7) is 7.34. The first-order valence-corrected chi connectivity index (χ1v) is 10.8. The van der Waals surface area contributed by atoms with Crippen LogP contribution in [-0.4, -0.2) is 24.0 Å². The summed E-state index contributed by atoms with van der Waals surface area (Å²) in [7, 11) is -3.82. The molecule has 3 rings (SSSR count). The van der Waals surface area contributed by atoms with Crippen LogP contribution in [0.15, 0.2) is 35.4 Å². The molecular formula is C20H27N3O3S. The van der Waals surface area contributed by atoms with E-state index in [4.69, 9.17) is 0 Å². The third-order valence-corrected chi connectivity index (χ3v) is 6.30. The molecular weight excluding hydrogens is 362 g/mol. The molecule has 0 unspecified atom stereocenters. The predicted octanol–water partition coefficient (Wildman–Crippen LogP) is 4.30. The van der Waals surface area contributed by atoms with Gasteiger partial charge in [0.1, 0.15) is 4.90 Å². The van der Waals surface area contributed by atoms with Crippen LogP contribution in [0.1, 0.15) is 75.5 Å². The summed E-state index contributed by atoms with van der Waals surface area (Å²) in [6, 6.07) is 6.79. The Morgan fingerprint density at radius 1 is 1.22 bits per heavy atom. The molecule has 27 heavy (non-hydrogen) atoms. The van der Waals surface area contributed by atoms with Crippen LogP contribution in [0.25, 0.3) is 0 Å². The Hall–Kier alpha value is -2.15. The fraction of sp³-hybridized carbons (Fsp3) is 0.500. The molecule has 1 aromatic heterocycles. The van der Waals surface area contributed by atoms with Gasteiger partial charge in [0.25, 0.3) is 10.0 Å². The highest BCUT2D eigenvalue weighted by atomic mass is 32.2. The molecule has 1 aliphatic carbocycles. The standard InChI is InChI=1S/C20H27N3O3S/c1-14(24)15-8-7-9-16(12-15)22-27(25,26)18-13-23(17-10-5-6-11-17)21-19(18)20(2,3)4/h7-9,12-13,17,22H,5-6,10-11H2,1-4H3. The van der Waals surface area contributed by atoms with Gasteiger partial charge in [0.05, 0.1) is 11.7 Å². The summed E-state index contributed by atoms with van der Waals surface area (Å²) in [4.78, 5) is 11.8. The maximum Gasteiger partial charge on any atom is 0.265 e. The van der Waals surface area contributed by atoms with Crippen molar-refractivity contribution in [2.24, 2.45) is 0 Å². The highest BCUT2D eigenvalue weighted by Gasteiger charge is 2.32. The summed E-state index contributed by atoms with van der Waals surface area (Å²) in [5, 5.41) is 4.66. The number of rotatable bonds is 5. The molecule has 7 heteroatoms. The zero-order valence-electron chi connectivity index (χ0n) is 16.3. The molecule has 0 spiro atoms. The summed E-state index contributed by atoms with van der Waals surface area (Å²) >= 11 is 0. The van der Waals surface area contributed by atoms with Crippen molar-refractivity contribution >= 4 is 21.5 Å². The van der Waals surface area contributed by atoms with Gasteiger partial charge in [-0.25, -0.2) is 8.42 Å². The number of ketones is 1. The Labute approximate surface area is 161 Å². The van der Waals surface area contributed by atoms with Crippen LogP contribution in [0.4, 0.5) is 5.69 Å². The molecule has 1 heterocycles. The molecule has 1 fully saturated rings. The lowest BCUT2D eigenvalue weighted by Crippen LogP contribution is -2.20. The quantitative estimate of drug-likeness (QED) is 0.773. The Kier molecular flexibility index (Phi) is 5.16. The van der Waals surface area contributed by atoms with Gasteiger partial charge in [-0.3, -0.25) is 14.2 Å². The SMILES string of the molecule is CC(=O)c1cccc(NS(=O)(=O)c2cn(C3CCCC3)nc2C(C)(C)C)c1. The molecule has 0 atom stereocenters. The second kappa shape index (κ2) is 7.11. The Morgan fingerprint density at radius 3 is 2.48 bits per heavy atom. The number of anilines is 1. The summed E-state index contributed by atoms with van der Waals surface area (Å²) in [5.41, 5.74) is 0.989. The van der Waals surface area contributed by atoms with E-state index < -0.39 is 15.4 Å². The molecule has 1 aliphatic rings. The van der Waals surface area contributed by atoms with E-state index in [1.54, 1.807) is 30.5 Å². The fourth-order valence-corrected chi connectivity index (χ4v) is 4.85. The molecule has 1 saturated carbocycles. The zero-order valence-corrected chi connectivity index (χ0v) is 17.1. The van der Waals surface area contributed by atoms with Gasteiger partial charge in [0.15, 0.2) is 5.78 Å². The maximum absolute atomic E-state index is 13.1. The number of carbonyl (C=O) groups excluding carboxylic acids is 1. The Balaban J connectivity index is 2.00. The van der Waals surface area contributed by atoms with Crippen LogP contribution in [0.2, 0.25) is 0 Å². The van der Waals surface area contributed by atoms with Crippen LogP contribution < -0.4 is 4.72 Å². The molecule has 1 aromatic carbocycles. The van der Waals surface area contributed by atoms with E-state index in [9.17, 15) is 13.2 Å². The van der Waals surface area contributed by atoms with E-state index in [1.807, 2.05) is 25.5 Å². The van der Waals surface area contributed by atoms with Gasteiger partial charge in [0, 0.05) is 22.9 Å².